The first-order valence-corrected chi connectivity index (χ1v) is 9.39. The molecule has 0 radical (unpaired) electrons. The number of carboxylic acid groups (broad SMARTS) is 1. The molecular formula is C19H24N6O4. The molecule has 1 N–H and O–H groups in total. The van der Waals surface area contributed by atoms with E-state index in [4.69, 9.17) is 5.11 Å². The van der Waals surface area contributed by atoms with Gasteiger partial charge in [-0.05, 0) is 37.7 Å². The lowest BCUT2D eigenvalue weighted by molar-refractivity contribution is -0.138. The van der Waals surface area contributed by atoms with Gasteiger partial charge in [0.25, 0.3) is 0 Å². The van der Waals surface area contributed by atoms with Crippen LogP contribution in [-0.2, 0) is 14.4 Å². The Morgan fingerprint density at radius 3 is 2.45 bits per heavy atom. The highest BCUT2D eigenvalue weighted by Crippen LogP contribution is 2.22. The molecule has 2 aromatic rings. The number of amides is 2. The fourth-order valence-corrected chi connectivity index (χ4v) is 3.32. The van der Waals surface area contributed by atoms with Crippen molar-refractivity contribution in [2.45, 2.75) is 18.9 Å². The van der Waals surface area contributed by atoms with E-state index in [0.29, 0.717) is 25.2 Å². The van der Waals surface area contributed by atoms with Crippen LogP contribution >= 0.6 is 0 Å². The Bertz CT molecular complexity index is 831. The molecule has 2 heterocycles. The molecule has 1 aliphatic rings. The van der Waals surface area contributed by atoms with E-state index in [1.807, 2.05) is 7.05 Å². The fourth-order valence-electron chi connectivity index (χ4n) is 3.32. The molecule has 0 spiro atoms. The second kappa shape index (κ2) is 9.28. The van der Waals surface area contributed by atoms with Crippen molar-refractivity contribution in [1.29, 1.82) is 0 Å². The predicted molar refractivity (Wildman–Crippen MR) is 105 cm³/mol. The molecule has 0 bridgehead atoms. The average molecular weight is 400 g/mol. The maximum absolute atomic E-state index is 13.1. The van der Waals surface area contributed by atoms with Crippen LogP contribution in [0.3, 0.4) is 0 Å². The SMILES string of the molecule is CN1CCN(C(=O)[C@H](CCC(=O)O)N(C=O)c2ccc(-n3ccnn3)cc2)CC1. The van der Waals surface area contributed by atoms with E-state index in [9.17, 15) is 14.4 Å². The number of nitrogens with zero attached hydrogens (tertiary/aromatic N) is 6. The van der Waals surface area contributed by atoms with E-state index < -0.39 is 12.0 Å². The maximum atomic E-state index is 13.1. The molecule has 154 valence electrons. The zero-order valence-corrected chi connectivity index (χ0v) is 16.2. The van der Waals surface area contributed by atoms with Crippen LogP contribution in [0.2, 0.25) is 0 Å². The number of piperazine rings is 1. The van der Waals surface area contributed by atoms with Gasteiger partial charge in [0.05, 0.1) is 18.1 Å². The summed E-state index contributed by atoms with van der Waals surface area (Å²) in [5.41, 5.74) is 1.27. The molecule has 1 aromatic heterocycles. The third-order valence-corrected chi connectivity index (χ3v) is 5.02. The summed E-state index contributed by atoms with van der Waals surface area (Å²) in [6, 6.07) is 6.06. The Morgan fingerprint density at radius 1 is 1.21 bits per heavy atom. The minimum atomic E-state index is -1.01. The predicted octanol–water partition coefficient (Wildman–Crippen LogP) is 0.238. The quantitative estimate of drug-likeness (QED) is 0.632. The smallest absolute Gasteiger partial charge is 0.303 e. The number of carbonyl (C=O) groups excluding carboxylic acids is 2. The molecule has 1 aromatic carbocycles. The van der Waals surface area contributed by atoms with Gasteiger partial charge < -0.3 is 19.8 Å². The van der Waals surface area contributed by atoms with Gasteiger partial charge in [-0.1, -0.05) is 5.21 Å². The number of likely N-dealkylation sites (N-methyl/N-ethyl adjacent to an activating group) is 1. The van der Waals surface area contributed by atoms with E-state index in [2.05, 4.69) is 15.2 Å². The Hall–Kier alpha value is -3.27. The molecular weight excluding hydrogens is 376 g/mol. The number of aliphatic carboxylic acids is 1. The van der Waals surface area contributed by atoms with E-state index in [1.165, 1.54) is 4.90 Å². The van der Waals surface area contributed by atoms with Gasteiger partial charge in [-0.25, -0.2) is 4.68 Å². The number of hydrogen-bond acceptors (Lipinski definition) is 6. The highest BCUT2D eigenvalue weighted by molar-refractivity contribution is 5.92. The number of anilines is 1. The summed E-state index contributed by atoms with van der Waals surface area (Å²) in [5.74, 6) is -1.24. The lowest BCUT2D eigenvalue weighted by Crippen LogP contribution is -2.54. The molecule has 1 saturated heterocycles. The van der Waals surface area contributed by atoms with E-state index in [1.54, 1.807) is 46.2 Å². The number of carboxylic acids is 1. The molecule has 0 unspecified atom stereocenters. The van der Waals surface area contributed by atoms with Gasteiger partial charge in [0.15, 0.2) is 0 Å². The molecule has 3 rings (SSSR count). The van der Waals surface area contributed by atoms with Crippen molar-refractivity contribution >= 4 is 24.0 Å². The minimum absolute atomic E-state index is 0.0457. The van der Waals surface area contributed by atoms with E-state index in [-0.39, 0.29) is 18.7 Å². The second-order valence-electron chi connectivity index (χ2n) is 6.95. The molecule has 2 amide bonds. The van der Waals surface area contributed by atoms with Gasteiger partial charge >= 0.3 is 5.97 Å². The Labute approximate surface area is 168 Å². The number of rotatable bonds is 8. The van der Waals surface area contributed by atoms with Crippen LogP contribution in [-0.4, -0.2) is 87.5 Å². The zero-order chi connectivity index (χ0) is 20.8. The van der Waals surface area contributed by atoms with Crippen molar-refractivity contribution in [3.63, 3.8) is 0 Å². The Balaban J connectivity index is 1.82. The standard InChI is InChI=1S/C19H24N6O4/c1-22-10-12-23(13-11-22)19(29)17(6-7-18(27)28)24(14-26)15-2-4-16(5-3-15)25-9-8-20-21-25/h2-5,8-9,14,17H,6-7,10-13H2,1H3,(H,27,28)/t17-/m0/s1. The average Bonchev–Trinajstić information content (AvgIpc) is 3.26. The molecule has 1 atom stereocenters. The molecule has 1 aliphatic heterocycles. The fraction of sp³-hybridized carbons (Fsp3) is 0.421. The summed E-state index contributed by atoms with van der Waals surface area (Å²) in [7, 11) is 1.98. The topological polar surface area (TPSA) is 112 Å². The van der Waals surface area contributed by atoms with Gasteiger partial charge in [0.2, 0.25) is 12.3 Å². The van der Waals surface area contributed by atoms with Crippen molar-refractivity contribution in [3.05, 3.63) is 36.7 Å². The first-order valence-electron chi connectivity index (χ1n) is 9.39. The Kier molecular flexibility index (Phi) is 6.55. The summed E-state index contributed by atoms with van der Waals surface area (Å²) in [5, 5.41) is 16.8. The number of aromatic nitrogens is 3. The van der Waals surface area contributed by atoms with Crippen molar-refractivity contribution in [2.24, 2.45) is 0 Å². The van der Waals surface area contributed by atoms with Crippen molar-refractivity contribution in [2.75, 3.05) is 38.1 Å². The molecule has 0 saturated carbocycles. The van der Waals surface area contributed by atoms with Gasteiger partial charge in [0, 0.05) is 38.3 Å². The van der Waals surface area contributed by atoms with Gasteiger partial charge in [-0.15, -0.1) is 5.10 Å². The third-order valence-electron chi connectivity index (χ3n) is 5.02. The van der Waals surface area contributed by atoms with Crippen LogP contribution in [0.4, 0.5) is 5.69 Å². The van der Waals surface area contributed by atoms with Crippen LogP contribution in [0.1, 0.15) is 12.8 Å². The van der Waals surface area contributed by atoms with Crippen LogP contribution in [0.15, 0.2) is 36.7 Å². The highest BCUT2D eigenvalue weighted by Gasteiger charge is 2.32. The van der Waals surface area contributed by atoms with Gasteiger partial charge in [-0.2, -0.15) is 0 Å². The molecule has 10 heteroatoms. The summed E-state index contributed by atoms with van der Waals surface area (Å²) >= 11 is 0. The number of benzene rings is 1. The van der Waals surface area contributed by atoms with E-state index >= 15 is 0 Å². The number of carbonyl (C=O) groups is 3. The van der Waals surface area contributed by atoms with Crippen LogP contribution in [0, 0.1) is 0 Å². The van der Waals surface area contributed by atoms with Crippen LogP contribution in [0.5, 0.6) is 0 Å². The molecule has 1 fully saturated rings. The van der Waals surface area contributed by atoms with Gasteiger partial charge in [0.1, 0.15) is 6.04 Å². The van der Waals surface area contributed by atoms with Crippen LogP contribution < -0.4 is 4.90 Å². The second-order valence-corrected chi connectivity index (χ2v) is 6.95. The summed E-state index contributed by atoms with van der Waals surface area (Å²) in [6.07, 6.45) is 3.68. The monoisotopic (exact) mass is 400 g/mol. The molecule has 10 nitrogen and oxygen atoms in total. The maximum Gasteiger partial charge on any atom is 0.303 e. The van der Waals surface area contributed by atoms with Gasteiger partial charge in [-0.3, -0.25) is 14.4 Å². The lowest BCUT2D eigenvalue weighted by atomic mass is 10.1. The van der Waals surface area contributed by atoms with E-state index in [0.717, 1.165) is 18.8 Å². The summed E-state index contributed by atoms with van der Waals surface area (Å²) < 4.78 is 1.58. The normalized spacial score (nSPS) is 15.7. The first kappa shape index (κ1) is 20.5. The Morgan fingerprint density at radius 2 is 1.90 bits per heavy atom. The summed E-state index contributed by atoms with van der Waals surface area (Å²) in [6.45, 7) is 2.59. The van der Waals surface area contributed by atoms with Crippen molar-refractivity contribution in [3.8, 4) is 5.69 Å². The third kappa shape index (κ3) is 4.96. The highest BCUT2D eigenvalue weighted by atomic mass is 16.4. The zero-order valence-electron chi connectivity index (χ0n) is 16.2. The lowest BCUT2D eigenvalue weighted by Gasteiger charge is -2.37. The minimum Gasteiger partial charge on any atom is -0.481 e. The largest absolute Gasteiger partial charge is 0.481 e. The van der Waals surface area contributed by atoms with Crippen LogP contribution in [0.25, 0.3) is 5.69 Å². The first-order chi connectivity index (χ1) is 14.0. The number of hydrogen-bond donors (Lipinski definition) is 1. The van der Waals surface area contributed by atoms with Crippen molar-refractivity contribution < 1.29 is 19.5 Å². The van der Waals surface area contributed by atoms with Crippen molar-refractivity contribution in [1.82, 2.24) is 24.8 Å². The molecule has 29 heavy (non-hydrogen) atoms. The summed E-state index contributed by atoms with van der Waals surface area (Å²) in [4.78, 5) is 41.3. The molecule has 0 aliphatic carbocycles.